The number of carbonyl (C=O) groups excluding carboxylic acids is 1. The molecule has 106 valence electrons. The number of aryl methyl sites for hydroxylation is 1. The SMILES string of the molecule is CCOC(=O)c1nc(-c2ccc(F)cc2)c(CCBr)s1. The van der Waals surface area contributed by atoms with E-state index in [0.717, 1.165) is 27.9 Å². The Balaban J connectivity index is 2.39. The first kappa shape index (κ1) is 15.1. The monoisotopic (exact) mass is 357 g/mol. The van der Waals surface area contributed by atoms with Crippen molar-refractivity contribution in [3.8, 4) is 11.3 Å². The minimum absolute atomic E-state index is 0.295. The molecule has 1 heterocycles. The number of rotatable bonds is 5. The van der Waals surface area contributed by atoms with Gasteiger partial charge in [-0.15, -0.1) is 11.3 Å². The van der Waals surface area contributed by atoms with Crippen molar-refractivity contribution in [1.82, 2.24) is 4.98 Å². The molecule has 0 spiro atoms. The molecule has 2 rings (SSSR count). The molecule has 6 heteroatoms. The van der Waals surface area contributed by atoms with Crippen molar-refractivity contribution in [3.63, 3.8) is 0 Å². The lowest BCUT2D eigenvalue weighted by atomic mass is 10.1. The molecule has 0 amide bonds. The molecule has 0 saturated carbocycles. The maximum atomic E-state index is 13.0. The van der Waals surface area contributed by atoms with Gasteiger partial charge in [0.05, 0.1) is 12.3 Å². The Morgan fingerprint density at radius 1 is 1.40 bits per heavy atom. The molecule has 0 unspecified atom stereocenters. The van der Waals surface area contributed by atoms with Crippen molar-refractivity contribution in [3.05, 3.63) is 40.0 Å². The summed E-state index contributed by atoms with van der Waals surface area (Å²) in [6.45, 7) is 2.07. The smallest absolute Gasteiger partial charge is 0.367 e. The van der Waals surface area contributed by atoms with E-state index in [1.54, 1.807) is 19.1 Å². The molecule has 0 atom stereocenters. The molecule has 2 aromatic rings. The fraction of sp³-hybridized carbons (Fsp3) is 0.286. The third kappa shape index (κ3) is 3.43. The summed E-state index contributed by atoms with van der Waals surface area (Å²) >= 11 is 4.71. The average molecular weight is 358 g/mol. The molecule has 1 aromatic carbocycles. The van der Waals surface area contributed by atoms with Gasteiger partial charge in [0.2, 0.25) is 5.01 Å². The zero-order valence-electron chi connectivity index (χ0n) is 10.9. The number of benzene rings is 1. The number of carbonyl (C=O) groups is 1. The van der Waals surface area contributed by atoms with Gasteiger partial charge < -0.3 is 4.74 Å². The standard InChI is InChI=1S/C14H13BrFNO2S/c1-2-19-14(18)13-17-12(11(20-13)7-8-15)9-3-5-10(16)6-4-9/h3-6H,2,7-8H2,1H3. The number of halogens is 2. The fourth-order valence-electron chi connectivity index (χ4n) is 1.72. The van der Waals surface area contributed by atoms with Crippen LogP contribution in [0.2, 0.25) is 0 Å². The Labute approximate surface area is 128 Å². The van der Waals surface area contributed by atoms with E-state index in [1.807, 2.05) is 0 Å². The van der Waals surface area contributed by atoms with Crippen molar-refractivity contribution in [2.45, 2.75) is 13.3 Å². The first-order valence-electron chi connectivity index (χ1n) is 6.14. The van der Waals surface area contributed by atoms with Gasteiger partial charge in [-0.25, -0.2) is 14.2 Å². The molecule has 3 nitrogen and oxygen atoms in total. The van der Waals surface area contributed by atoms with Gasteiger partial charge in [-0.3, -0.25) is 0 Å². The predicted octanol–water partition coefficient (Wildman–Crippen LogP) is 4.06. The van der Waals surface area contributed by atoms with Crippen LogP contribution in [-0.2, 0) is 11.2 Å². The number of hydrogen-bond acceptors (Lipinski definition) is 4. The van der Waals surface area contributed by atoms with Crippen LogP contribution < -0.4 is 0 Å². The highest BCUT2D eigenvalue weighted by atomic mass is 79.9. The number of ether oxygens (including phenoxy) is 1. The molecule has 0 aliphatic heterocycles. The van der Waals surface area contributed by atoms with Crippen molar-refractivity contribution in [2.24, 2.45) is 0 Å². The minimum atomic E-state index is -0.415. The summed E-state index contributed by atoms with van der Waals surface area (Å²) < 4.78 is 18.0. The number of aromatic nitrogens is 1. The third-order valence-corrected chi connectivity index (χ3v) is 4.08. The van der Waals surface area contributed by atoms with Gasteiger partial charge in [0, 0.05) is 15.8 Å². The van der Waals surface area contributed by atoms with Crippen LogP contribution >= 0.6 is 27.3 Å². The summed E-state index contributed by atoms with van der Waals surface area (Å²) in [5, 5.41) is 1.10. The predicted molar refractivity (Wildman–Crippen MR) is 81.0 cm³/mol. The molecular weight excluding hydrogens is 345 g/mol. The minimum Gasteiger partial charge on any atom is -0.461 e. The maximum absolute atomic E-state index is 13.0. The second-order valence-corrected chi connectivity index (χ2v) is 5.83. The van der Waals surface area contributed by atoms with Gasteiger partial charge in [-0.2, -0.15) is 0 Å². The van der Waals surface area contributed by atoms with Crippen molar-refractivity contribution in [2.75, 3.05) is 11.9 Å². The summed E-state index contributed by atoms with van der Waals surface area (Å²) in [5.41, 5.74) is 1.52. The molecule has 0 N–H and O–H groups in total. The van der Waals surface area contributed by atoms with E-state index in [1.165, 1.54) is 23.5 Å². The Morgan fingerprint density at radius 2 is 2.10 bits per heavy atom. The third-order valence-electron chi connectivity index (χ3n) is 2.59. The first-order chi connectivity index (χ1) is 9.65. The van der Waals surface area contributed by atoms with Gasteiger partial charge in [0.15, 0.2) is 0 Å². The molecular formula is C14H13BrFNO2S. The average Bonchev–Trinajstić information content (AvgIpc) is 2.84. The Bertz CT molecular complexity index is 598. The number of esters is 1. The molecule has 0 saturated heterocycles. The van der Waals surface area contributed by atoms with Crippen LogP contribution in [0.25, 0.3) is 11.3 Å². The van der Waals surface area contributed by atoms with Crippen LogP contribution in [0.4, 0.5) is 4.39 Å². The van der Waals surface area contributed by atoms with Gasteiger partial charge >= 0.3 is 5.97 Å². The topological polar surface area (TPSA) is 39.2 Å². The summed E-state index contributed by atoms with van der Waals surface area (Å²) in [5.74, 6) is -0.710. The number of alkyl halides is 1. The van der Waals surface area contributed by atoms with Crippen LogP contribution in [0, 0.1) is 5.82 Å². The lowest BCUT2D eigenvalue weighted by Gasteiger charge is -2.00. The Hall–Kier alpha value is -1.27. The van der Waals surface area contributed by atoms with Crippen LogP contribution in [0.3, 0.4) is 0 Å². The van der Waals surface area contributed by atoms with E-state index < -0.39 is 5.97 Å². The second kappa shape index (κ2) is 6.95. The normalized spacial score (nSPS) is 10.6. The van der Waals surface area contributed by atoms with Gasteiger partial charge in [0.1, 0.15) is 5.82 Å². The van der Waals surface area contributed by atoms with E-state index in [4.69, 9.17) is 4.74 Å². The van der Waals surface area contributed by atoms with Crippen LogP contribution in [0.1, 0.15) is 21.6 Å². The van der Waals surface area contributed by atoms with Gasteiger partial charge in [-0.1, -0.05) is 15.9 Å². The number of hydrogen-bond donors (Lipinski definition) is 0. The number of nitrogens with zero attached hydrogens (tertiary/aromatic N) is 1. The number of thiazole rings is 1. The highest BCUT2D eigenvalue weighted by Gasteiger charge is 2.18. The summed E-state index contributed by atoms with van der Waals surface area (Å²) in [6, 6.07) is 6.10. The van der Waals surface area contributed by atoms with E-state index in [0.29, 0.717) is 11.6 Å². The molecule has 0 aliphatic rings. The van der Waals surface area contributed by atoms with Crippen LogP contribution in [-0.4, -0.2) is 22.9 Å². The zero-order valence-corrected chi connectivity index (χ0v) is 13.3. The Kier molecular flexibility index (Phi) is 5.25. The largest absolute Gasteiger partial charge is 0.461 e. The van der Waals surface area contributed by atoms with Gasteiger partial charge in [0.25, 0.3) is 0 Å². The maximum Gasteiger partial charge on any atom is 0.367 e. The van der Waals surface area contributed by atoms with Crippen molar-refractivity contribution in [1.29, 1.82) is 0 Å². The van der Waals surface area contributed by atoms with Crippen LogP contribution in [0.5, 0.6) is 0 Å². The molecule has 1 aromatic heterocycles. The second-order valence-electron chi connectivity index (χ2n) is 3.96. The van der Waals surface area contributed by atoms with Crippen LogP contribution in [0.15, 0.2) is 24.3 Å². The zero-order chi connectivity index (χ0) is 14.5. The summed E-state index contributed by atoms with van der Waals surface area (Å²) in [4.78, 5) is 17.1. The highest BCUT2D eigenvalue weighted by molar-refractivity contribution is 9.09. The molecule has 0 bridgehead atoms. The fourth-order valence-corrected chi connectivity index (χ4v) is 3.36. The lowest BCUT2D eigenvalue weighted by molar-refractivity contribution is 0.0526. The Morgan fingerprint density at radius 3 is 2.70 bits per heavy atom. The van der Waals surface area contributed by atoms with Crippen molar-refractivity contribution >= 4 is 33.2 Å². The summed E-state index contributed by atoms with van der Waals surface area (Å²) in [7, 11) is 0. The summed E-state index contributed by atoms with van der Waals surface area (Å²) in [6.07, 6.45) is 0.754. The highest BCUT2D eigenvalue weighted by Crippen LogP contribution is 2.29. The first-order valence-corrected chi connectivity index (χ1v) is 8.08. The molecule has 0 aliphatic carbocycles. The molecule has 0 radical (unpaired) electrons. The lowest BCUT2D eigenvalue weighted by Crippen LogP contribution is -2.03. The molecule has 20 heavy (non-hydrogen) atoms. The van der Waals surface area contributed by atoms with E-state index in [9.17, 15) is 9.18 Å². The van der Waals surface area contributed by atoms with Crippen molar-refractivity contribution < 1.29 is 13.9 Å². The molecule has 0 fully saturated rings. The van der Waals surface area contributed by atoms with E-state index in [-0.39, 0.29) is 5.82 Å². The quantitative estimate of drug-likeness (QED) is 0.598. The van der Waals surface area contributed by atoms with E-state index >= 15 is 0 Å². The van der Waals surface area contributed by atoms with E-state index in [2.05, 4.69) is 20.9 Å². The van der Waals surface area contributed by atoms with Gasteiger partial charge in [-0.05, 0) is 37.6 Å².